The molecule has 2 aromatic carbocycles. The summed E-state index contributed by atoms with van der Waals surface area (Å²) < 4.78 is 3.66. The highest BCUT2D eigenvalue weighted by molar-refractivity contribution is 7.18. The fraction of sp³-hybridized carbons (Fsp3) is 0.405. The molecular weight excluding hydrogens is 569 g/mol. The second-order valence-corrected chi connectivity index (χ2v) is 14.0. The van der Waals surface area contributed by atoms with Gasteiger partial charge in [-0.1, -0.05) is 82.2 Å². The predicted octanol–water partition coefficient (Wildman–Crippen LogP) is 8.68. The lowest BCUT2D eigenvalue weighted by Crippen LogP contribution is -2.33. The standard InChI is InChI=1S/C37H44N2O2S2/c1-5-7-8-11-21-39-31-20-19-28(33-18-13-22-42-33)25-30(31)37(3,4)35(39)23-27(14-12-15-29(41)26-40)24-36-38(6-2)32-16-9-10-17-34(32)43-36/h9-10,13,16-20,22-25H,5-8,11-12,14-15,21,26H2,1-4H3. The Balaban J connectivity index is 1.59. The molecule has 1 aliphatic rings. The molecule has 4 aromatic rings. The van der Waals surface area contributed by atoms with Crippen molar-refractivity contribution >= 4 is 50.4 Å². The Morgan fingerprint density at radius 1 is 1.00 bits per heavy atom. The Morgan fingerprint density at radius 2 is 1.84 bits per heavy atom. The van der Waals surface area contributed by atoms with Crippen LogP contribution in [0.1, 0.15) is 83.2 Å². The van der Waals surface area contributed by atoms with E-state index in [1.165, 1.54) is 67.4 Å². The van der Waals surface area contributed by atoms with Gasteiger partial charge in [-0.2, -0.15) is 4.57 Å². The molecule has 0 atom stereocenters. The van der Waals surface area contributed by atoms with E-state index in [0.717, 1.165) is 25.9 Å². The van der Waals surface area contributed by atoms with E-state index in [0.29, 0.717) is 12.8 Å². The minimum atomic E-state index is -0.632. The van der Waals surface area contributed by atoms with Crippen molar-refractivity contribution in [3.8, 4) is 10.4 Å². The number of ketones is 1. The first-order valence-electron chi connectivity index (χ1n) is 15.8. The van der Waals surface area contributed by atoms with Crippen LogP contribution in [-0.2, 0) is 16.8 Å². The first kappa shape index (κ1) is 31.4. The summed E-state index contributed by atoms with van der Waals surface area (Å²) in [6.07, 6.45) is 11.3. The van der Waals surface area contributed by atoms with Gasteiger partial charge < -0.3 is 14.8 Å². The lowest BCUT2D eigenvalue weighted by molar-refractivity contribution is -0.665. The van der Waals surface area contributed by atoms with Crippen molar-refractivity contribution in [2.24, 2.45) is 0 Å². The Kier molecular flexibility index (Phi) is 10.3. The van der Waals surface area contributed by atoms with E-state index < -0.39 is 6.61 Å². The number of nitrogens with zero attached hydrogens (tertiary/aromatic N) is 2. The zero-order chi connectivity index (χ0) is 30.4. The van der Waals surface area contributed by atoms with Gasteiger partial charge in [-0.25, -0.2) is 0 Å². The third kappa shape index (κ3) is 6.87. The number of Topliss-reactive ketones (excluding diaryl/α,β-unsaturated/α-hetero) is 1. The van der Waals surface area contributed by atoms with Gasteiger partial charge in [0.05, 0.1) is 0 Å². The highest BCUT2D eigenvalue weighted by Gasteiger charge is 2.40. The van der Waals surface area contributed by atoms with Gasteiger partial charge in [0.15, 0.2) is 0 Å². The lowest BCUT2D eigenvalue weighted by Gasteiger charge is -2.28. The van der Waals surface area contributed by atoms with Crippen LogP contribution < -0.4 is 14.6 Å². The van der Waals surface area contributed by atoms with Crippen LogP contribution in [0.25, 0.3) is 26.7 Å². The molecule has 0 aliphatic carbocycles. The van der Waals surface area contributed by atoms with Crippen LogP contribution in [0, 0.1) is 0 Å². The molecule has 0 unspecified atom stereocenters. The number of allylic oxidation sites excluding steroid dienone is 3. The van der Waals surface area contributed by atoms with Gasteiger partial charge >= 0.3 is 0 Å². The summed E-state index contributed by atoms with van der Waals surface area (Å²) >= 11 is 3.60. The number of carbonyl (C=O) groups is 1. The van der Waals surface area contributed by atoms with E-state index >= 15 is 0 Å². The van der Waals surface area contributed by atoms with Crippen molar-refractivity contribution < 1.29 is 14.5 Å². The second-order valence-electron chi connectivity index (χ2n) is 12.0. The second kappa shape index (κ2) is 14.1. The number of anilines is 1. The molecule has 0 saturated carbocycles. The smallest absolute Gasteiger partial charge is 0.263 e. The van der Waals surface area contributed by atoms with Crippen LogP contribution in [0.15, 0.2) is 77.3 Å². The molecule has 226 valence electrons. The van der Waals surface area contributed by atoms with Crippen LogP contribution in [0.5, 0.6) is 0 Å². The summed E-state index contributed by atoms with van der Waals surface area (Å²) in [5, 5.41) is 14.5. The monoisotopic (exact) mass is 612 g/mol. The predicted molar refractivity (Wildman–Crippen MR) is 182 cm³/mol. The van der Waals surface area contributed by atoms with Crippen LogP contribution >= 0.6 is 22.7 Å². The molecule has 43 heavy (non-hydrogen) atoms. The maximum Gasteiger partial charge on any atom is 0.263 e. The number of benzene rings is 2. The molecule has 0 N–H and O–H groups in total. The van der Waals surface area contributed by atoms with Gasteiger partial charge in [-0.15, -0.1) is 11.3 Å². The van der Waals surface area contributed by atoms with Crippen molar-refractivity contribution in [2.45, 2.75) is 84.6 Å². The summed E-state index contributed by atoms with van der Waals surface area (Å²) in [5.74, 6) is -0.204. The number of carbonyl (C=O) groups excluding carboxylic acids is 1. The number of aryl methyl sites for hydroxylation is 1. The molecule has 4 nitrogen and oxygen atoms in total. The molecule has 6 heteroatoms. The van der Waals surface area contributed by atoms with Crippen molar-refractivity contribution in [1.29, 1.82) is 0 Å². The molecule has 0 bridgehead atoms. The number of unbranched alkanes of at least 4 members (excludes halogenated alkanes) is 3. The summed E-state index contributed by atoms with van der Waals surface area (Å²) in [5.41, 5.74) is 7.54. The highest BCUT2D eigenvalue weighted by Crippen LogP contribution is 2.50. The highest BCUT2D eigenvalue weighted by atomic mass is 32.1. The number of para-hydroxylation sites is 1. The fourth-order valence-electron chi connectivity index (χ4n) is 6.24. The van der Waals surface area contributed by atoms with Gasteiger partial charge in [0.25, 0.3) is 5.01 Å². The van der Waals surface area contributed by atoms with Crippen molar-refractivity contribution in [1.82, 2.24) is 0 Å². The molecule has 2 aromatic heterocycles. The fourth-order valence-corrected chi connectivity index (χ4v) is 8.16. The normalized spacial score (nSPS) is 15.5. The Hall–Kier alpha value is -3.06. The SMILES string of the molecule is CCCCCCN1/C(=C/C(=C/c2sc3ccccc3[n+]2CC)CCCC(=O)C[O-])C(C)(C)c2cc(-c3cccs3)ccc21. The largest absolute Gasteiger partial charge is 0.849 e. The van der Waals surface area contributed by atoms with Crippen LogP contribution in [0.2, 0.25) is 0 Å². The van der Waals surface area contributed by atoms with E-state index in [-0.39, 0.29) is 11.2 Å². The molecule has 3 heterocycles. The van der Waals surface area contributed by atoms with Crippen LogP contribution in [0.3, 0.4) is 0 Å². The zero-order valence-electron chi connectivity index (χ0n) is 26.0. The van der Waals surface area contributed by atoms with Crippen molar-refractivity contribution in [2.75, 3.05) is 18.1 Å². The summed E-state index contributed by atoms with van der Waals surface area (Å²) in [6.45, 7) is 10.4. The van der Waals surface area contributed by atoms with E-state index in [1.54, 1.807) is 11.3 Å². The van der Waals surface area contributed by atoms with Gasteiger partial charge in [-0.05, 0) is 78.6 Å². The quantitative estimate of drug-likeness (QED) is 0.106. The third-order valence-corrected chi connectivity index (χ3v) is 10.6. The van der Waals surface area contributed by atoms with Gasteiger partial charge in [0.1, 0.15) is 17.0 Å². The first-order chi connectivity index (χ1) is 20.9. The van der Waals surface area contributed by atoms with Crippen LogP contribution in [0.4, 0.5) is 5.69 Å². The molecule has 0 radical (unpaired) electrons. The number of hydrogen-bond donors (Lipinski definition) is 0. The molecule has 0 saturated heterocycles. The van der Waals surface area contributed by atoms with E-state index in [1.807, 2.05) is 11.3 Å². The molecule has 0 spiro atoms. The van der Waals surface area contributed by atoms with Gasteiger partial charge in [0.2, 0.25) is 5.52 Å². The number of rotatable bonds is 14. The zero-order valence-corrected chi connectivity index (χ0v) is 27.7. The maximum atomic E-state index is 12.0. The molecule has 1 aliphatic heterocycles. The average Bonchev–Trinajstić information content (AvgIpc) is 3.72. The minimum Gasteiger partial charge on any atom is -0.849 e. The Labute approximate surface area is 265 Å². The number of hydrogen-bond acceptors (Lipinski definition) is 5. The first-order valence-corrected chi connectivity index (χ1v) is 17.5. The Morgan fingerprint density at radius 3 is 2.58 bits per heavy atom. The minimum absolute atomic E-state index is 0.182. The van der Waals surface area contributed by atoms with Crippen molar-refractivity contribution in [3.05, 3.63) is 87.9 Å². The molecular formula is C37H44N2O2S2. The average molecular weight is 613 g/mol. The van der Waals surface area contributed by atoms with Crippen molar-refractivity contribution in [3.63, 3.8) is 0 Å². The Bertz CT molecular complexity index is 1610. The van der Waals surface area contributed by atoms with Crippen LogP contribution in [-0.4, -0.2) is 18.9 Å². The van der Waals surface area contributed by atoms with Gasteiger partial charge in [-0.3, -0.25) is 0 Å². The summed E-state index contributed by atoms with van der Waals surface area (Å²) in [6, 6.07) is 19.9. The topological polar surface area (TPSA) is 47.2 Å². The summed E-state index contributed by atoms with van der Waals surface area (Å²) in [7, 11) is 0. The number of fused-ring (bicyclic) bond motifs is 2. The molecule has 0 amide bonds. The lowest BCUT2D eigenvalue weighted by atomic mass is 9.82. The third-order valence-electron chi connectivity index (χ3n) is 8.60. The number of thiazole rings is 1. The van der Waals surface area contributed by atoms with E-state index in [4.69, 9.17) is 0 Å². The summed E-state index contributed by atoms with van der Waals surface area (Å²) in [4.78, 5) is 15.8. The van der Waals surface area contributed by atoms with E-state index in [2.05, 4.69) is 109 Å². The molecule has 0 fully saturated rings. The number of thiophene rings is 1. The molecule has 5 rings (SSSR count). The van der Waals surface area contributed by atoms with E-state index in [9.17, 15) is 9.90 Å². The number of aromatic nitrogens is 1. The van der Waals surface area contributed by atoms with Gasteiger partial charge in [0, 0.05) is 46.8 Å². The maximum absolute atomic E-state index is 12.0.